The van der Waals surface area contributed by atoms with Crippen molar-refractivity contribution >= 4 is 22.9 Å². The molecule has 1 saturated heterocycles. The van der Waals surface area contributed by atoms with Crippen LogP contribution in [0.5, 0.6) is 0 Å². The fourth-order valence-electron chi connectivity index (χ4n) is 4.11. The van der Waals surface area contributed by atoms with E-state index in [1.165, 1.54) is 22.4 Å². The van der Waals surface area contributed by atoms with Gasteiger partial charge in [0.1, 0.15) is 0 Å². The van der Waals surface area contributed by atoms with E-state index in [4.69, 9.17) is 0 Å². The van der Waals surface area contributed by atoms with Gasteiger partial charge in [-0.25, -0.2) is 0 Å². The summed E-state index contributed by atoms with van der Waals surface area (Å²) in [6, 6.07) is 16.8. The topological polar surface area (TPSA) is 44.4 Å². The van der Waals surface area contributed by atoms with Crippen molar-refractivity contribution in [3.8, 4) is 0 Å². The predicted octanol–water partition coefficient (Wildman–Crippen LogP) is 4.37. The maximum absolute atomic E-state index is 13.0. The van der Waals surface area contributed by atoms with E-state index >= 15 is 0 Å². The molecule has 4 nitrogen and oxygen atoms in total. The summed E-state index contributed by atoms with van der Waals surface area (Å²) in [6.07, 6.45) is 4.07. The molecule has 0 radical (unpaired) electrons. The minimum absolute atomic E-state index is 0.0465. The largest absolute Gasteiger partial charge is 0.369 e. The third-order valence-corrected chi connectivity index (χ3v) is 5.75. The van der Waals surface area contributed by atoms with Crippen LogP contribution < -0.4 is 15.5 Å². The van der Waals surface area contributed by atoms with Gasteiger partial charge < -0.3 is 15.5 Å². The second-order valence-corrected chi connectivity index (χ2v) is 7.77. The van der Waals surface area contributed by atoms with Gasteiger partial charge in [0.15, 0.2) is 0 Å². The molecule has 2 aromatic rings. The van der Waals surface area contributed by atoms with Crippen molar-refractivity contribution in [2.24, 2.45) is 0 Å². The van der Waals surface area contributed by atoms with Crippen LogP contribution in [0.2, 0.25) is 0 Å². The first-order valence-electron chi connectivity index (χ1n) is 10.4. The number of amides is 1. The molecule has 1 aliphatic heterocycles. The number of hydrogen-bond acceptors (Lipinski definition) is 3. The van der Waals surface area contributed by atoms with Gasteiger partial charge in [-0.15, -0.1) is 0 Å². The molecule has 2 aliphatic rings. The Hall–Kier alpha value is -2.59. The lowest BCUT2D eigenvalue weighted by Gasteiger charge is -2.29. The number of nitrogens with zero attached hydrogens (tertiary/aromatic N) is 1. The molecule has 2 N–H and O–H groups in total. The Bertz CT molecular complexity index is 846. The summed E-state index contributed by atoms with van der Waals surface area (Å²) in [5.74, 6) is 0.0465. The summed E-state index contributed by atoms with van der Waals surface area (Å²) >= 11 is 0. The van der Waals surface area contributed by atoms with Crippen LogP contribution in [0, 0.1) is 6.92 Å². The second kappa shape index (κ2) is 8.61. The van der Waals surface area contributed by atoms with E-state index in [2.05, 4.69) is 58.9 Å². The van der Waals surface area contributed by atoms with Gasteiger partial charge in [0.2, 0.25) is 0 Å². The van der Waals surface area contributed by atoms with Crippen LogP contribution in [0.15, 0.2) is 54.1 Å². The lowest BCUT2D eigenvalue weighted by Crippen LogP contribution is -2.43. The molecule has 28 heavy (non-hydrogen) atoms. The fourth-order valence-corrected chi connectivity index (χ4v) is 4.11. The van der Waals surface area contributed by atoms with Crippen LogP contribution in [-0.2, 0) is 4.79 Å². The van der Waals surface area contributed by atoms with Crippen LogP contribution in [-0.4, -0.2) is 32.1 Å². The van der Waals surface area contributed by atoms with E-state index in [9.17, 15) is 4.79 Å². The number of nitrogens with one attached hydrogen (secondary N) is 2. The van der Waals surface area contributed by atoms with Crippen molar-refractivity contribution in [1.82, 2.24) is 5.32 Å². The first-order chi connectivity index (χ1) is 13.7. The Morgan fingerprint density at radius 3 is 2.32 bits per heavy atom. The highest BCUT2D eigenvalue weighted by Gasteiger charge is 2.20. The van der Waals surface area contributed by atoms with E-state index in [1.807, 2.05) is 12.1 Å². The van der Waals surface area contributed by atoms with Gasteiger partial charge in [0.05, 0.1) is 0 Å². The normalized spacial score (nSPS) is 17.5. The monoisotopic (exact) mass is 375 g/mol. The molecule has 146 valence electrons. The lowest BCUT2D eigenvalue weighted by atomic mass is 9.86. The average Bonchev–Trinajstić information content (AvgIpc) is 2.75. The van der Waals surface area contributed by atoms with Crippen molar-refractivity contribution in [1.29, 1.82) is 0 Å². The number of carbonyl (C=O) groups is 1. The Morgan fingerprint density at radius 2 is 1.61 bits per heavy atom. The van der Waals surface area contributed by atoms with Crippen molar-refractivity contribution in [3.05, 3.63) is 65.2 Å². The van der Waals surface area contributed by atoms with Crippen LogP contribution in [0.4, 0.5) is 11.4 Å². The van der Waals surface area contributed by atoms with Gasteiger partial charge in [-0.1, -0.05) is 29.8 Å². The predicted molar refractivity (Wildman–Crippen MR) is 117 cm³/mol. The number of hydrogen-bond donors (Lipinski definition) is 2. The Kier molecular flexibility index (Phi) is 5.77. The van der Waals surface area contributed by atoms with E-state index < -0.39 is 0 Å². The first kappa shape index (κ1) is 18.8. The van der Waals surface area contributed by atoms with E-state index in [1.54, 1.807) is 0 Å². The second-order valence-electron chi connectivity index (χ2n) is 7.77. The molecule has 0 spiro atoms. The molecule has 0 unspecified atom stereocenters. The quantitative estimate of drug-likeness (QED) is 0.834. The summed E-state index contributed by atoms with van der Waals surface area (Å²) in [7, 11) is 0. The number of piperazine rings is 1. The fraction of sp³-hybridized carbons (Fsp3) is 0.375. The van der Waals surface area contributed by atoms with Crippen molar-refractivity contribution in [2.45, 2.75) is 32.6 Å². The third kappa shape index (κ3) is 4.28. The van der Waals surface area contributed by atoms with Crippen molar-refractivity contribution < 1.29 is 4.79 Å². The maximum atomic E-state index is 13.0. The molecule has 4 rings (SSSR count). The smallest absolute Gasteiger partial charge is 0.251 e. The van der Waals surface area contributed by atoms with Gasteiger partial charge in [0.25, 0.3) is 5.91 Å². The van der Waals surface area contributed by atoms with Gasteiger partial charge in [0, 0.05) is 43.1 Å². The van der Waals surface area contributed by atoms with Gasteiger partial charge in [-0.3, -0.25) is 4.79 Å². The number of anilines is 2. The number of benzene rings is 2. The molecule has 2 aromatic carbocycles. The molecule has 0 bridgehead atoms. The molecule has 1 heterocycles. The molecule has 0 atom stereocenters. The van der Waals surface area contributed by atoms with E-state index in [-0.39, 0.29) is 5.91 Å². The SMILES string of the molecule is Cc1ccc(C2=C(C(=O)Nc3ccc(N4CCNCC4)cc3)CCCC2)cc1. The molecule has 1 fully saturated rings. The zero-order valence-corrected chi connectivity index (χ0v) is 16.6. The highest BCUT2D eigenvalue weighted by Crippen LogP contribution is 2.33. The Morgan fingerprint density at radius 1 is 0.929 bits per heavy atom. The van der Waals surface area contributed by atoms with Crippen LogP contribution in [0.3, 0.4) is 0 Å². The molecule has 0 saturated carbocycles. The molecular weight excluding hydrogens is 346 g/mol. The van der Waals surface area contributed by atoms with Crippen LogP contribution >= 0.6 is 0 Å². The third-order valence-electron chi connectivity index (χ3n) is 5.75. The number of rotatable bonds is 4. The summed E-state index contributed by atoms with van der Waals surface area (Å²) in [6.45, 7) is 6.19. The minimum atomic E-state index is 0.0465. The van der Waals surface area contributed by atoms with Gasteiger partial charge in [-0.05, 0) is 68.0 Å². The van der Waals surface area contributed by atoms with E-state index in [0.717, 1.165) is 63.1 Å². The lowest BCUT2D eigenvalue weighted by molar-refractivity contribution is -0.113. The van der Waals surface area contributed by atoms with Crippen molar-refractivity contribution in [3.63, 3.8) is 0 Å². The van der Waals surface area contributed by atoms with Crippen molar-refractivity contribution in [2.75, 3.05) is 36.4 Å². The highest BCUT2D eigenvalue weighted by molar-refractivity contribution is 6.09. The highest BCUT2D eigenvalue weighted by atomic mass is 16.1. The first-order valence-corrected chi connectivity index (χ1v) is 10.4. The van der Waals surface area contributed by atoms with Gasteiger partial charge in [-0.2, -0.15) is 0 Å². The van der Waals surface area contributed by atoms with E-state index in [0.29, 0.717) is 0 Å². The minimum Gasteiger partial charge on any atom is -0.369 e. The molecule has 1 amide bonds. The maximum Gasteiger partial charge on any atom is 0.251 e. The summed E-state index contributed by atoms with van der Waals surface area (Å²) in [5.41, 5.74) is 6.67. The number of allylic oxidation sites excluding steroid dienone is 1. The molecule has 1 aliphatic carbocycles. The van der Waals surface area contributed by atoms with Crippen LogP contribution in [0.25, 0.3) is 5.57 Å². The Balaban J connectivity index is 1.50. The molecule has 4 heteroatoms. The molecular formula is C24H29N3O. The number of carbonyl (C=O) groups excluding carboxylic acids is 1. The van der Waals surface area contributed by atoms with Crippen LogP contribution in [0.1, 0.15) is 36.8 Å². The number of aryl methyl sites for hydroxylation is 1. The summed E-state index contributed by atoms with van der Waals surface area (Å²) in [5, 5.41) is 6.50. The van der Waals surface area contributed by atoms with Gasteiger partial charge >= 0.3 is 0 Å². The summed E-state index contributed by atoms with van der Waals surface area (Å²) < 4.78 is 0. The average molecular weight is 376 g/mol. The zero-order valence-electron chi connectivity index (χ0n) is 16.6. The Labute approximate surface area is 167 Å². The molecule has 0 aromatic heterocycles. The zero-order chi connectivity index (χ0) is 19.3. The standard InChI is InChI=1S/C24H29N3O/c1-18-6-8-19(9-7-18)22-4-2-3-5-23(22)24(28)26-20-10-12-21(13-11-20)27-16-14-25-15-17-27/h6-13,25H,2-5,14-17H2,1H3,(H,26,28). The summed E-state index contributed by atoms with van der Waals surface area (Å²) in [4.78, 5) is 15.4.